The van der Waals surface area contributed by atoms with Crippen molar-refractivity contribution in [2.45, 2.75) is 53.1 Å². The van der Waals surface area contributed by atoms with Crippen molar-refractivity contribution in [1.29, 1.82) is 0 Å². The summed E-state index contributed by atoms with van der Waals surface area (Å²) < 4.78 is 6.49. The molecule has 2 aromatic carbocycles. The summed E-state index contributed by atoms with van der Waals surface area (Å²) in [5.74, 6) is 1.08. The van der Waals surface area contributed by atoms with E-state index < -0.39 is 0 Å². The third kappa shape index (κ3) is 4.69. The van der Waals surface area contributed by atoms with E-state index in [1.807, 2.05) is 83.5 Å². The second-order valence-electron chi connectivity index (χ2n) is 11.3. The molecule has 0 bridgehead atoms. The zero-order chi connectivity index (χ0) is 29.0. The first-order valence-electron chi connectivity index (χ1n) is 13.8. The van der Waals surface area contributed by atoms with Gasteiger partial charge in [0.15, 0.2) is 5.82 Å². The van der Waals surface area contributed by atoms with Gasteiger partial charge in [0.25, 0.3) is 11.5 Å². The number of fused-ring (bicyclic) bond motifs is 3. The summed E-state index contributed by atoms with van der Waals surface area (Å²) in [6.07, 6.45) is 4.75. The van der Waals surface area contributed by atoms with E-state index in [0.29, 0.717) is 30.0 Å². The fraction of sp³-hybridized carbons (Fsp3) is 0.323. The van der Waals surface area contributed by atoms with Crippen molar-refractivity contribution in [3.63, 3.8) is 0 Å². The maximum absolute atomic E-state index is 14.3. The van der Waals surface area contributed by atoms with Gasteiger partial charge in [-0.1, -0.05) is 29.8 Å². The Labute approximate surface area is 246 Å². The maximum atomic E-state index is 14.3. The predicted octanol–water partition coefficient (Wildman–Crippen LogP) is 5.14. The van der Waals surface area contributed by atoms with Gasteiger partial charge in [-0.15, -0.1) is 10.2 Å². The number of hydrogen-bond acceptors (Lipinski definition) is 5. The fourth-order valence-electron chi connectivity index (χ4n) is 5.73. The molecule has 10 heteroatoms. The van der Waals surface area contributed by atoms with E-state index in [1.54, 1.807) is 10.9 Å². The molecule has 0 saturated heterocycles. The second-order valence-corrected chi connectivity index (χ2v) is 12.2. The van der Waals surface area contributed by atoms with Gasteiger partial charge >= 0.3 is 0 Å². The Morgan fingerprint density at radius 1 is 1.15 bits per heavy atom. The maximum Gasteiger partial charge on any atom is 0.261 e. The lowest BCUT2D eigenvalue weighted by atomic mass is 9.97. The van der Waals surface area contributed by atoms with E-state index in [2.05, 4.69) is 40.0 Å². The van der Waals surface area contributed by atoms with Crippen molar-refractivity contribution >= 4 is 27.5 Å². The summed E-state index contributed by atoms with van der Waals surface area (Å²) in [6.45, 7) is 8.60. The van der Waals surface area contributed by atoms with Gasteiger partial charge in [0.2, 0.25) is 0 Å². The molecular weight excluding hydrogens is 582 g/mol. The Kier molecular flexibility index (Phi) is 6.89. The summed E-state index contributed by atoms with van der Waals surface area (Å²) in [4.78, 5) is 29.8. The minimum absolute atomic E-state index is 0.0509. The largest absolute Gasteiger partial charge is 0.330 e. The van der Waals surface area contributed by atoms with E-state index >= 15 is 0 Å². The molecule has 1 aliphatic heterocycles. The molecule has 0 saturated carbocycles. The van der Waals surface area contributed by atoms with E-state index in [4.69, 9.17) is 5.10 Å². The van der Waals surface area contributed by atoms with Gasteiger partial charge in [0.05, 0.1) is 24.1 Å². The number of halogens is 1. The molecule has 6 rings (SSSR count). The number of nitrogens with zero attached hydrogens (tertiary/aromatic N) is 7. The predicted molar refractivity (Wildman–Crippen MR) is 161 cm³/mol. The molecule has 1 atom stereocenters. The van der Waals surface area contributed by atoms with Gasteiger partial charge in [-0.3, -0.25) is 14.2 Å². The standard InChI is InChI=1S/C31H32BrN7O2/c1-18(2)12-23-15-34-39-27-16-37(30(40)22-8-11-26(32)19(3)13-22)20(4)14-25(27)31(41)38(29(23)39)24-9-6-21(7-10-24)28-35-33-17-36(28)5/h6-11,13,15,17-18,20H,12,14,16H2,1-5H3/t20-/m0/s1. The number of benzene rings is 2. The molecule has 3 aromatic heterocycles. The van der Waals surface area contributed by atoms with E-state index in [-0.39, 0.29) is 17.5 Å². The summed E-state index contributed by atoms with van der Waals surface area (Å²) in [6, 6.07) is 13.3. The Balaban J connectivity index is 1.49. The van der Waals surface area contributed by atoms with Crippen LogP contribution in [0.5, 0.6) is 0 Å². The fourth-order valence-corrected chi connectivity index (χ4v) is 5.97. The van der Waals surface area contributed by atoms with Crippen LogP contribution in [-0.2, 0) is 26.4 Å². The van der Waals surface area contributed by atoms with Crippen molar-refractivity contribution in [2.24, 2.45) is 13.0 Å². The topological polar surface area (TPSA) is 90.3 Å². The molecule has 210 valence electrons. The summed E-state index contributed by atoms with van der Waals surface area (Å²) in [5.41, 5.74) is 6.45. The van der Waals surface area contributed by atoms with Crippen molar-refractivity contribution < 1.29 is 4.79 Å². The number of hydrogen-bond donors (Lipinski definition) is 0. The van der Waals surface area contributed by atoms with E-state index in [1.165, 1.54) is 0 Å². The molecule has 0 fully saturated rings. The lowest BCUT2D eigenvalue weighted by Gasteiger charge is -2.35. The van der Waals surface area contributed by atoms with Gasteiger partial charge in [-0.05, 0) is 80.6 Å². The van der Waals surface area contributed by atoms with Crippen LogP contribution in [-0.4, -0.2) is 45.8 Å². The molecule has 4 heterocycles. The van der Waals surface area contributed by atoms with Crippen LogP contribution < -0.4 is 5.56 Å². The molecular formula is C31H32BrN7O2. The monoisotopic (exact) mass is 613 g/mol. The van der Waals surface area contributed by atoms with Crippen LogP contribution in [0.2, 0.25) is 0 Å². The molecule has 5 aromatic rings. The zero-order valence-corrected chi connectivity index (χ0v) is 25.4. The first kappa shape index (κ1) is 27.1. The quantitative estimate of drug-likeness (QED) is 0.274. The number of aromatic nitrogens is 6. The smallest absolute Gasteiger partial charge is 0.261 e. The highest BCUT2D eigenvalue weighted by Crippen LogP contribution is 2.28. The number of carbonyl (C=O) groups excluding carboxylic acids is 1. The Hall–Kier alpha value is -4.05. The molecule has 0 spiro atoms. The van der Waals surface area contributed by atoms with Crippen LogP contribution >= 0.6 is 15.9 Å². The number of aryl methyl sites for hydroxylation is 2. The van der Waals surface area contributed by atoms with Crippen LogP contribution in [0, 0.1) is 12.8 Å². The highest BCUT2D eigenvalue weighted by Gasteiger charge is 2.33. The summed E-state index contributed by atoms with van der Waals surface area (Å²) in [7, 11) is 1.90. The van der Waals surface area contributed by atoms with Crippen molar-refractivity contribution in [3.05, 3.63) is 97.8 Å². The number of carbonyl (C=O) groups is 1. The molecule has 0 N–H and O–H groups in total. The van der Waals surface area contributed by atoms with Gasteiger partial charge in [-0.2, -0.15) is 5.10 Å². The minimum Gasteiger partial charge on any atom is -0.330 e. The van der Waals surface area contributed by atoms with Crippen LogP contribution in [0.15, 0.2) is 64.3 Å². The molecule has 41 heavy (non-hydrogen) atoms. The third-order valence-corrected chi connectivity index (χ3v) is 8.72. The number of amides is 1. The highest BCUT2D eigenvalue weighted by molar-refractivity contribution is 9.10. The van der Waals surface area contributed by atoms with Gasteiger partial charge in [-0.25, -0.2) is 4.52 Å². The first-order chi connectivity index (χ1) is 19.6. The SMILES string of the molecule is Cc1cc(C(=O)N2Cc3c(c(=O)n(-c4ccc(-c5nncn5C)cc4)c4c(CC(C)C)cnn34)C[C@@H]2C)ccc1Br. The lowest BCUT2D eigenvalue weighted by Crippen LogP contribution is -2.46. The molecule has 0 aliphatic carbocycles. The Bertz CT molecular complexity index is 1850. The molecule has 1 amide bonds. The van der Waals surface area contributed by atoms with Crippen molar-refractivity contribution in [1.82, 2.24) is 33.8 Å². The number of rotatable bonds is 5. The molecule has 9 nitrogen and oxygen atoms in total. The second kappa shape index (κ2) is 10.4. The highest BCUT2D eigenvalue weighted by atomic mass is 79.9. The molecule has 1 aliphatic rings. The molecule has 0 unspecified atom stereocenters. The van der Waals surface area contributed by atoms with Crippen molar-refractivity contribution in [3.8, 4) is 17.1 Å². The summed E-state index contributed by atoms with van der Waals surface area (Å²) >= 11 is 3.52. The third-order valence-electron chi connectivity index (χ3n) is 7.83. The van der Waals surface area contributed by atoms with Gasteiger partial charge in [0, 0.05) is 39.8 Å². The summed E-state index contributed by atoms with van der Waals surface area (Å²) in [5, 5.41) is 13.0. The Morgan fingerprint density at radius 2 is 1.90 bits per heavy atom. The minimum atomic E-state index is -0.151. The average molecular weight is 615 g/mol. The van der Waals surface area contributed by atoms with E-state index in [9.17, 15) is 9.59 Å². The van der Waals surface area contributed by atoms with E-state index in [0.717, 1.165) is 50.4 Å². The normalized spacial score (nSPS) is 15.1. The van der Waals surface area contributed by atoms with Gasteiger partial charge < -0.3 is 9.47 Å². The van der Waals surface area contributed by atoms with Crippen LogP contribution in [0.4, 0.5) is 0 Å². The zero-order valence-electron chi connectivity index (χ0n) is 23.8. The molecule has 0 radical (unpaired) electrons. The average Bonchev–Trinajstić information content (AvgIpc) is 3.56. The van der Waals surface area contributed by atoms with Crippen molar-refractivity contribution in [2.75, 3.05) is 0 Å². The first-order valence-corrected chi connectivity index (χ1v) is 14.6. The van der Waals surface area contributed by atoms with Crippen LogP contribution in [0.1, 0.15) is 53.5 Å². The lowest BCUT2D eigenvalue weighted by molar-refractivity contribution is 0.0651. The van der Waals surface area contributed by atoms with Crippen LogP contribution in [0.25, 0.3) is 22.7 Å². The van der Waals surface area contributed by atoms with Crippen LogP contribution in [0.3, 0.4) is 0 Å². The van der Waals surface area contributed by atoms with Gasteiger partial charge in [0.1, 0.15) is 12.0 Å². The Morgan fingerprint density at radius 3 is 2.56 bits per heavy atom.